The average molecular weight is 266 g/mol. The Morgan fingerprint density at radius 3 is 2.37 bits per heavy atom. The minimum absolute atomic E-state index is 0.124. The highest BCUT2D eigenvalue weighted by atomic mass is 16.3. The summed E-state index contributed by atoms with van der Waals surface area (Å²) in [5, 5.41) is 22.2. The van der Waals surface area contributed by atoms with Crippen molar-refractivity contribution in [1.82, 2.24) is 10.2 Å². The fourth-order valence-electron chi connectivity index (χ4n) is 1.89. The third-order valence-corrected chi connectivity index (χ3v) is 3.36. The van der Waals surface area contributed by atoms with Crippen molar-refractivity contribution in [3.63, 3.8) is 0 Å². The van der Waals surface area contributed by atoms with E-state index in [1.807, 2.05) is 33.2 Å². The lowest BCUT2D eigenvalue weighted by molar-refractivity contribution is 0.163. The predicted molar refractivity (Wildman–Crippen MR) is 78.5 cm³/mol. The number of nitrogens with zero attached hydrogens (tertiary/aromatic N) is 1. The van der Waals surface area contributed by atoms with Gasteiger partial charge in [-0.15, -0.1) is 0 Å². The van der Waals surface area contributed by atoms with E-state index < -0.39 is 0 Å². The van der Waals surface area contributed by atoms with Crippen molar-refractivity contribution in [2.24, 2.45) is 0 Å². The van der Waals surface area contributed by atoms with Gasteiger partial charge in [0.05, 0.1) is 6.61 Å². The van der Waals surface area contributed by atoms with Crippen LogP contribution in [0.1, 0.15) is 18.9 Å². The van der Waals surface area contributed by atoms with Crippen LogP contribution in [0.25, 0.3) is 0 Å². The maximum atomic E-state index is 9.56. The Bertz CT molecular complexity index is 365. The van der Waals surface area contributed by atoms with Gasteiger partial charge >= 0.3 is 0 Å². The van der Waals surface area contributed by atoms with Gasteiger partial charge in [-0.3, -0.25) is 0 Å². The molecule has 0 radical (unpaired) electrons. The number of aromatic hydroxyl groups is 1. The normalized spacial score (nSPS) is 14.6. The fraction of sp³-hybridized carbons (Fsp3) is 0.600. The zero-order valence-electron chi connectivity index (χ0n) is 12.2. The van der Waals surface area contributed by atoms with Gasteiger partial charge in [0.1, 0.15) is 5.75 Å². The molecule has 3 N–H and O–H groups in total. The van der Waals surface area contributed by atoms with Gasteiger partial charge < -0.3 is 20.4 Å². The molecule has 19 heavy (non-hydrogen) atoms. The van der Waals surface area contributed by atoms with Crippen LogP contribution >= 0.6 is 0 Å². The van der Waals surface area contributed by atoms with Crippen LogP contribution in [-0.4, -0.2) is 54.4 Å². The summed E-state index contributed by atoms with van der Waals surface area (Å²) >= 11 is 0. The van der Waals surface area contributed by atoms with Crippen molar-refractivity contribution in [1.29, 1.82) is 0 Å². The number of likely N-dealkylation sites (N-methyl/N-ethyl adjacent to an activating group) is 1. The Hall–Kier alpha value is -1.10. The van der Waals surface area contributed by atoms with Gasteiger partial charge in [-0.05, 0) is 51.6 Å². The lowest BCUT2D eigenvalue weighted by Gasteiger charge is -2.29. The van der Waals surface area contributed by atoms with Crippen LogP contribution in [-0.2, 0) is 6.42 Å². The summed E-state index contributed by atoms with van der Waals surface area (Å²) in [5.74, 6) is 0.290. The highest BCUT2D eigenvalue weighted by Gasteiger charge is 2.21. The molecule has 1 unspecified atom stereocenters. The predicted octanol–water partition coefficient (Wildman–Crippen LogP) is 1.23. The van der Waals surface area contributed by atoms with Crippen molar-refractivity contribution >= 4 is 0 Å². The molecule has 0 bridgehead atoms. The Kier molecular flexibility index (Phi) is 6.28. The number of nitrogens with one attached hydrogen (secondary N) is 1. The number of aliphatic hydroxyl groups excluding tert-OH is 1. The van der Waals surface area contributed by atoms with Gasteiger partial charge in [0.25, 0.3) is 0 Å². The SMILES string of the molecule is CN(C)CCNC(C)(CO)CCc1ccc(O)cc1. The number of hydrogen-bond acceptors (Lipinski definition) is 4. The van der Waals surface area contributed by atoms with Crippen LogP contribution in [0.3, 0.4) is 0 Å². The van der Waals surface area contributed by atoms with Crippen LogP contribution in [0.15, 0.2) is 24.3 Å². The summed E-state index contributed by atoms with van der Waals surface area (Å²) in [4.78, 5) is 2.12. The maximum Gasteiger partial charge on any atom is 0.115 e. The maximum absolute atomic E-state index is 9.56. The summed E-state index contributed by atoms with van der Waals surface area (Å²) in [7, 11) is 4.07. The molecule has 0 heterocycles. The minimum atomic E-state index is -0.256. The second-order valence-corrected chi connectivity index (χ2v) is 5.62. The summed E-state index contributed by atoms with van der Waals surface area (Å²) in [6.07, 6.45) is 1.74. The standard InChI is InChI=1S/C15H26N2O2/c1-15(12-18,16-10-11-17(2)3)9-8-13-4-6-14(19)7-5-13/h4-7,16,18-19H,8-12H2,1-3H3. The highest BCUT2D eigenvalue weighted by molar-refractivity contribution is 5.26. The van der Waals surface area contributed by atoms with Gasteiger partial charge in [0, 0.05) is 18.6 Å². The molecule has 0 saturated carbocycles. The first kappa shape index (κ1) is 16.0. The second-order valence-electron chi connectivity index (χ2n) is 5.62. The molecule has 0 spiro atoms. The molecule has 1 aromatic carbocycles. The van der Waals surface area contributed by atoms with Gasteiger partial charge in [0.2, 0.25) is 0 Å². The van der Waals surface area contributed by atoms with Crippen molar-refractivity contribution in [2.75, 3.05) is 33.8 Å². The Labute approximate surface area is 116 Å². The van der Waals surface area contributed by atoms with Crippen molar-refractivity contribution in [3.05, 3.63) is 29.8 Å². The van der Waals surface area contributed by atoms with E-state index in [1.54, 1.807) is 12.1 Å². The topological polar surface area (TPSA) is 55.7 Å². The first-order valence-corrected chi connectivity index (χ1v) is 6.74. The van der Waals surface area contributed by atoms with E-state index in [4.69, 9.17) is 0 Å². The van der Waals surface area contributed by atoms with Crippen molar-refractivity contribution in [3.8, 4) is 5.75 Å². The van der Waals surface area contributed by atoms with Crippen molar-refractivity contribution < 1.29 is 10.2 Å². The molecular weight excluding hydrogens is 240 g/mol. The largest absolute Gasteiger partial charge is 0.508 e. The molecule has 0 aliphatic rings. The van der Waals surface area contributed by atoms with Gasteiger partial charge in [-0.25, -0.2) is 0 Å². The summed E-state index contributed by atoms with van der Waals surface area (Å²) in [5.41, 5.74) is 0.917. The quantitative estimate of drug-likeness (QED) is 0.662. The van der Waals surface area contributed by atoms with Crippen LogP contribution in [0.2, 0.25) is 0 Å². The summed E-state index contributed by atoms with van der Waals surface area (Å²) in [6, 6.07) is 7.25. The molecule has 1 atom stereocenters. The number of hydrogen-bond donors (Lipinski definition) is 3. The van der Waals surface area contributed by atoms with Gasteiger partial charge in [0.15, 0.2) is 0 Å². The smallest absolute Gasteiger partial charge is 0.115 e. The number of aryl methyl sites for hydroxylation is 1. The summed E-state index contributed by atoms with van der Waals surface area (Å²) in [6.45, 7) is 3.98. The second kappa shape index (κ2) is 7.48. The molecular formula is C15H26N2O2. The fourth-order valence-corrected chi connectivity index (χ4v) is 1.89. The van der Waals surface area contributed by atoms with Crippen LogP contribution in [0.4, 0.5) is 0 Å². The monoisotopic (exact) mass is 266 g/mol. The van der Waals surface area contributed by atoms with Gasteiger partial charge in [-0.1, -0.05) is 12.1 Å². The molecule has 4 nitrogen and oxygen atoms in total. The van der Waals surface area contributed by atoms with Crippen molar-refractivity contribution in [2.45, 2.75) is 25.3 Å². The third-order valence-electron chi connectivity index (χ3n) is 3.36. The number of phenolic OH excluding ortho intramolecular Hbond substituents is 1. The molecule has 108 valence electrons. The molecule has 0 saturated heterocycles. The number of rotatable bonds is 8. The van der Waals surface area contributed by atoms with Crippen LogP contribution in [0, 0.1) is 0 Å². The molecule has 1 aromatic rings. The van der Waals surface area contributed by atoms with E-state index in [2.05, 4.69) is 10.2 Å². The minimum Gasteiger partial charge on any atom is -0.508 e. The Balaban J connectivity index is 2.44. The number of phenols is 1. The number of benzene rings is 1. The Morgan fingerprint density at radius 2 is 1.84 bits per heavy atom. The zero-order chi connectivity index (χ0) is 14.3. The Morgan fingerprint density at radius 1 is 1.21 bits per heavy atom. The molecule has 0 aliphatic carbocycles. The van der Waals surface area contributed by atoms with E-state index in [1.165, 1.54) is 5.56 Å². The highest BCUT2D eigenvalue weighted by Crippen LogP contribution is 2.16. The molecule has 4 heteroatoms. The summed E-state index contributed by atoms with van der Waals surface area (Å²) < 4.78 is 0. The van der Waals surface area contributed by atoms with Crippen LogP contribution in [0.5, 0.6) is 5.75 Å². The van der Waals surface area contributed by atoms with E-state index in [9.17, 15) is 10.2 Å². The molecule has 0 fully saturated rings. The third kappa shape index (κ3) is 6.05. The average Bonchev–Trinajstić information content (AvgIpc) is 2.38. The van der Waals surface area contributed by atoms with E-state index in [0.717, 1.165) is 25.9 Å². The first-order valence-electron chi connectivity index (χ1n) is 6.74. The van der Waals surface area contributed by atoms with E-state index in [-0.39, 0.29) is 17.9 Å². The first-order chi connectivity index (χ1) is 8.95. The molecule has 0 aliphatic heterocycles. The lowest BCUT2D eigenvalue weighted by atomic mass is 9.94. The van der Waals surface area contributed by atoms with Crippen LogP contribution < -0.4 is 5.32 Å². The molecule has 1 rings (SSSR count). The lowest BCUT2D eigenvalue weighted by Crippen LogP contribution is -2.48. The number of aliphatic hydroxyl groups is 1. The van der Waals surface area contributed by atoms with Gasteiger partial charge in [-0.2, -0.15) is 0 Å². The molecule has 0 aromatic heterocycles. The molecule has 0 amide bonds. The van der Waals surface area contributed by atoms with E-state index >= 15 is 0 Å². The zero-order valence-corrected chi connectivity index (χ0v) is 12.2. The van der Waals surface area contributed by atoms with E-state index in [0.29, 0.717) is 0 Å².